The average Bonchev–Trinajstić information content (AvgIpc) is 2.39. The van der Waals surface area contributed by atoms with Crippen molar-refractivity contribution in [3.63, 3.8) is 0 Å². The third kappa shape index (κ3) is 1.86. The second-order valence-corrected chi connectivity index (χ2v) is 4.42. The molecule has 0 bridgehead atoms. The van der Waals surface area contributed by atoms with Crippen LogP contribution in [0.15, 0.2) is 48.7 Å². The maximum Gasteiger partial charge on any atom is 0.146 e. The summed E-state index contributed by atoms with van der Waals surface area (Å²) in [6.45, 7) is 0. The molecule has 1 aliphatic rings. The Hall–Kier alpha value is -1.96. The van der Waals surface area contributed by atoms with Crippen LogP contribution in [0.5, 0.6) is 0 Å². The highest BCUT2D eigenvalue weighted by atomic mass is 16.1. The third-order valence-electron chi connectivity index (χ3n) is 3.34. The van der Waals surface area contributed by atoms with Gasteiger partial charge in [-0.3, -0.25) is 9.78 Å². The Kier molecular flexibility index (Phi) is 2.48. The first-order valence-corrected chi connectivity index (χ1v) is 5.85. The Balaban J connectivity index is 1.98. The zero-order chi connectivity index (χ0) is 11.7. The summed E-state index contributed by atoms with van der Waals surface area (Å²) in [5.41, 5.74) is 3.35. The zero-order valence-corrected chi connectivity index (χ0v) is 9.47. The predicted octanol–water partition coefficient (Wildman–Crippen LogP) is 2.53. The lowest BCUT2D eigenvalue weighted by Crippen LogP contribution is -2.24. The minimum atomic E-state index is -0.0638. The molecule has 0 radical (unpaired) electrons. The summed E-state index contributed by atoms with van der Waals surface area (Å²) in [4.78, 5) is 16.4. The van der Waals surface area contributed by atoms with E-state index in [1.54, 1.807) is 6.20 Å². The molecule has 0 saturated heterocycles. The van der Waals surface area contributed by atoms with Crippen molar-refractivity contribution in [2.45, 2.75) is 18.8 Å². The van der Waals surface area contributed by atoms with Crippen LogP contribution in [0.25, 0.3) is 0 Å². The maximum absolute atomic E-state index is 12.1. The van der Waals surface area contributed by atoms with E-state index < -0.39 is 0 Å². The summed E-state index contributed by atoms with van der Waals surface area (Å²) in [6, 6.07) is 13.9. The van der Waals surface area contributed by atoms with Crippen LogP contribution in [-0.4, -0.2) is 10.8 Å². The molecule has 84 valence electrons. The molecule has 1 unspecified atom stereocenters. The number of pyridine rings is 1. The number of carbonyl (C=O) groups excluding carboxylic acids is 1. The highest BCUT2D eigenvalue weighted by molar-refractivity contribution is 5.89. The SMILES string of the molecule is O=C1Cc2ccccc2CC1c1ccccn1. The summed E-state index contributed by atoms with van der Waals surface area (Å²) in [5, 5.41) is 0. The summed E-state index contributed by atoms with van der Waals surface area (Å²) >= 11 is 0. The van der Waals surface area contributed by atoms with Gasteiger partial charge in [-0.15, -0.1) is 0 Å². The highest BCUT2D eigenvalue weighted by Gasteiger charge is 2.27. The lowest BCUT2D eigenvalue weighted by molar-refractivity contribution is -0.120. The lowest BCUT2D eigenvalue weighted by Gasteiger charge is -2.22. The minimum absolute atomic E-state index is 0.0638. The Labute approximate surface area is 100 Å². The van der Waals surface area contributed by atoms with E-state index in [9.17, 15) is 4.79 Å². The monoisotopic (exact) mass is 223 g/mol. The number of carbonyl (C=O) groups is 1. The molecule has 2 heteroatoms. The molecule has 1 aliphatic carbocycles. The van der Waals surface area contributed by atoms with E-state index in [4.69, 9.17) is 0 Å². The number of fused-ring (bicyclic) bond motifs is 1. The summed E-state index contributed by atoms with van der Waals surface area (Å²) in [5.74, 6) is 0.216. The maximum atomic E-state index is 12.1. The van der Waals surface area contributed by atoms with Crippen LogP contribution in [0, 0.1) is 0 Å². The number of rotatable bonds is 1. The van der Waals surface area contributed by atoms with Gasteiger partial charge in [0.1, 0.15) is 5.78 Å². The van der Waals surface area contributed by atoms with Crippen LogP contribution >= 0.6 is 0 Å². The lowest BCUT2D eigenvalue weighted by atomic mass is 9.81. The number of ketones is 1. The molecular formula is C15H13NO. The predicted molar refractivity (Wildman–Crippen MR) is 65.8 cm³/mol. The molecule has 17 heavy (non-hydrogen) atoms. The van der Waals surface area contributed by atoms with Crippen LogP contribution in [-0.2, 0) is 17.6 Å². The van der Waals surface area contributed by atoms with Crippen molar-refractivity contribution in [2.75, 3.05) is 0 Å². The molecule has 0 spiro atoms. The number of aromatic nitrogens is 1. The van der Waals surface area contributed by atoms with Gasteiger partial charge < -0.3 is 0 Å². The number of Topliss-reactive ketones (excluding diaryl/α,β-unsaturated/α-hetero) is 1. The van der Waals surface area contributed by atoms with E-state index in [0.29, 0.717) is 6.42 Å². The van der Waals surface area contributed by atoms with Crippen LogP contribution < -0.4 is 0 Å². The van der Waals surface area contributed by atoms with E-state index >= 15 is 0 Å². The summed E-state index contributed by atoms with van der Waals surface area (Å²) in [6.07, 6.45) is 3.08. The Morgan fingerprint density at radius 3 is 2.53 bits per heavy atom. The van der Waals surface area contributed by atoms with E-state index in [1.165, 1.54) is 11.1 Å². The minimum Gasteiger partial charge on any atom is -0.299 e. The quantitative estimate of drug-likeness (QED) is 0.743. The summed E-state index contributed by atoms with van der Waals surface area (Å²) in [7, 11) is 0. The average molecular weight is 223 g/mol. The third-order valence-corrected chi connectivity index (χ3v) is 3.34. The molecule has 0 N–H and O–H groups in total. The van der Waals surface area contributed by atoms with Crippen molar-refractivity contribution in [3.8, 4) is 0 Å². The second-order valence-electron chi connectivity index (χ2n) is 4.42. The van der Waals surface area contributed by atoms with Crippen LogP contribution in [0.1, 0.15) is 22.7 Å². The normalized spacial score (nSPS) is 18.8. The van der Waals surface area contributed by atoms with Crippen LogP contribution in [0.2, 0.25) is 0 Å². The molecule has 3 rings (SSSR count). The number of nitrogens with zero attached hydrogens (tertiary/aromatic N) is 1. The van der Waals surface area contributed by atoms with Crippen LogP contribution in [0.3, 0.4) is 0 Å². The van der Waals surface area contributed by atoms with E-state index in [1.807, 2.05) is 36.4 Å². The molecule has 2 aromatic rings. The Morgan fingerprint density at radius 1 is 1.00 bits per heavy atom. The van der Waals surface area contributed by atoms with Crippen molar-refractivity contribution in [3.05, 3.63) is 65.5 Å². The fourth-order valence-electron chi connectivity index (χ4n) is 2.43. The number of benzene rings is 1. The van der Waals surface area contributed by atoms with Crippen molar-refractivity contribution >= 4 is 5.78 Å². The van der Waals surface area contributed by atoms with Gasteiger partial charge >= 0.3 is 0 Å². The van der Waals surface area contributed by atoms with Crippen molar-refractivity contribution in [2.24, 2.45) is 0 Å². The van der Waals surface area contributed by atoms with E-state index in [0.717, 1.165) is 12.1 Å². The van der Waals surface area contributed by atoms with E-state index in [2.05, 4.69) is 11.1 Å². The van der Waals surface area contributed by atoms with Crippen molar-refractivity contribution in [1.29, 1.82) is 0 Å². The molecule has 1 heterocycles. The highest BCUT2D eigenvalue weighted by Crippen LogP contribution is 2.28. The fourth-order valence-corrected chi connectivity index (χ4v) is 2.43. The van der Waals surface area contributed by atoms with Gasteiger partial charge in [-0.05, 0) is 29.7 Å². The van der Waals surface area contributed by atoms with Crippen molar-refractivity contribution in [1.82, 2.24) is 4.98 Å². The molecule has 1 aromatic carbocycles. The second kappa shape index (κ2) is 4.13. The van der Waals surface area contributed by atoms with Gasteiger partial charge in [-0.25, -0.2) is 0 Å². The Bertz CT molecular complexity index is 548. The van der Waals surface area contributed by atoms with Gasteiger partial charge in [0.15, 0.2) is 0 Å². The molecular weight excluding hydrogens is 210 g/mol. The van der Waals surface area contributed by atoms with Gasteiger partial charge in [0.25, 0.3) is 0 Å². The first kappa shape index (κ1) is 10.2. The topological polar surface area (TPSA) is 30.0 Å². The number of hydrogen-bond acceptors (Lipinski definition) is 2. The van der Waals surface area contributed by atoms with Gasteiger partial charge in [0.05, 0.1) is 11.6 Å². The standard InChI is InChI=1S/C15H13NO/c17-15-10-12-6-2-1-5-11(12)9-13(15)14-7-3-4-8-16-14/h1-8,13H,9-10H2. The van der Waals surface area contributed by atoms with Gasteiger partial charge in [0, 0.05) is 12.6 Å². The molecule has 2 nitrogen and oxygen atoms in total. The van der Waals surface area contributed by atoms with Gasteiger partial charge in [-0.2, -0.15) is 0 Å². The molecule has 1 aromatic heterocycles. The summed E-state index contributed by atoms with van der Waals surface area (Å²) < 4.78 is 0. The van der Waals surface area contributed by atoms with E-state index in [-0.39, 0.29) is 11.7 Å². The van der Waals surface area contributed by atoms with Gasteiger partial charge in [0.2, 0.25) is 0 Å². The van der Waals surface area contributed by atoms with Crippen molar-refractivity contribution < 1.29 is 4.79 Å². The molecule has 0 aliphatic heterocycles. The molecule has 0 saturated carbocycles. The first-order valence-electron chi connectivity index (χ1n) is 5.85. The number of hydrogen-bond donors (Lipinski definition) is 0. The molecule has 1 atom stereocenters. The molecule has 0 amide bonds. The van der Waals surface area contributed by atoms with Crippen LogP contribution in [0.4, 0.5) is 0 Å². The Morgan fingerprint density at radius 2 is 1.76 bits per heavy atom. The zero-order valence-electron chi connectivity index (χ0n) is 9.47. The molecule has 0 fully saturated rings. The fraction of sp³-hybridized carbons (Fsp3) is 0.200. The smallest absolute Gasteiger partial charge is 0.146 e. The van der Waals surface area contributed by atoms with Gasteiger partial charge in [-0.1, -0.05) is 30.3 Å². The largest absolute Gasteiger partial charge is 0.299 e. The first-order chi connectivity index (χ1) is 8.34.